The fourth-order valence-electron chi connectivity index (χ4n) is 3.52. The number of benzene rings is 2. The SMILES string of the molecule is N#C[C@H](CC(N)=O)NC(=O)[C@@H]1CCCN1C(=O)OCc1ccc(-c2ccc(F)cc2)cc1. The van der Waals surface area contributed by atoms with Crippen molar-refractivity contribution < 1.29 is 23.5 Å². The highest BCUT2D eigenvalue weighted by molar-refractivity contribution is 5.87. The van der Waals surface area contributed by atoms with Crippen molar-refractivity contribution in [2.24, 2.45) is 5.73 Å². The summed E-state index contributed by atoms with van der Waals surface area (Å²) in [6, 6.07) is 13.5. The van der Waals surface area contributed by atoms with Gasteiger partial charge in [-0.3, -0.25) is 14.5 Å². The molecular formula is C23H23FN4O4. The molecule has 9 heteroatoms. The maximum atomic E-state index is 13.1. The third-order valence-corrected chi connectivity index (χ3v) is 5.16. The minimum Gasteiger partial charge on any atom is -0.445 e. The molecule has 1 heterocycles. The number of likely N-dealkylation sites (tertiary alicyclic amines) is 1. The van der Waals surface area contributed by atoms with Gasteiger partial charge in [0.15, 0.2) is 0 Å². The Morgan fingerprint density at radius 2 is 1.78 bits per heavy atom. The Morgan fingerprint density at radius 3 is 2.38 bits per heavy atom. The van der Waals surface area contributed by atoms with Gasteiger partial charge in [-0.25, -0.2) is 9.18 Å². The number of rotatable bonds is 7. The second-order valence-electron chi connectivity index (χ2n) is 7.47. The van der Waals surface area contributed by atoms with E-state index in [0.717, 1.165) is 16.7 Å². The Labute approximate surface area is 184 Å². The van der Waals surface area contributed by atoms with Crippen molar-refractivity contribution in [3.63, 3.8) is 0 Å². The molecular weight excluding hydrogens is 415 g/mol. The number of ether oxygens (including phenoxy) is 1. The minimum atomic E-state index is -1.04. The predicted molar refractivity (Wildman–Crippen MR) is 113 cm³/mol. The van der Waals surface area contributed by atoms with Crippen LogP contribution < -0.4 is 11.1 Å². The van der Waals surface area contributed by atoms with Crippen molar-refractivity contribution in [3.05, 3.63) is 59.9 Å². The molecule has 3 amide bonds. The van der Waals surface area contributed by atoms with Crippen LogP contribution in [0.15, 0.2) is 48.5 Å². The lowest BCUT2D eigenvalue weighted by Gasteiger charge is -2.24. The lowest BCUT2D eigenvalue weighted by Crippen LogP contribution is -2.49. The summed E-state index contributed by atoms with van der Waals surface area (Å²) in [6.45, 7) is 0.378. The Kier molecular flexibility index (Phi) is 7.39. The summed E-state index contributed by atoms with van der Waals surface area (Å²) < 4.78 is 18.4. The molecule has 0 saturated carbocycles. The molecule has 1 saturated heterocycles. The minimum absolute atomic E-state index is 0.0237. The molecule has 2 aromatic carbocycles. The fraction of sp³-hybridized carbons (Fsp3) is 0.304. The van der Waals surface area contributed by atoms with Crippen LogP contribution in [0.2, 0.25) is 0 Å². The second-order valence-corrected chi connectivity index (χ2v) is 7.47. The van der Waals surface area contributed by atoms with E-state index >= 15 is 0 Å². The zero-order chi connectivity index (χ0) is 23.1. The maximum absolute atomic E-state index is 13.1. The van der Waals surface area contributed by atoms with E-state index in [4.69, 9.17) is 15.7 Å². The first kappa shape index (κ1) is 22.7. The Hall–Kier alpha value is -3.93. The van der Waals surface area contributed by atoms with E-state index in [2.05, 4.69) is 5.32 Å². The summed E-state index contributed by atoms with van der Waals surface area (Å²) in [5, 5.41) is 11.5. The van der Waals surface area contributed by atoms with Crippen LogP contribution in [0.3, 0.4) is 0 Å². The molecule has 0 radical (unpaired) electrons. The van der Waals surface area contributed by atoms with Gasteiger partial charge in [0, 0.05) is 6.54 Å². The maximum Gasteiger partial charge on any atom is 0.410 e. The van der Waals surface area contributed by atoms with Gasteiger partial charge in [-0.1, -0.05) is 36.4 Å². The first-order chi connectivity index (χ1) is 15.4. The molecule has 0 unspecified atom stereocenters. The summed E-state index contributed by atoms with van der Waals surface area (Å²) in [6.07, 6.45) is 0.121. The highest BCUT2D eigenvalue weighted by Gasteiger charge is 2.36. The number of hydrogen-bond donors (Lipinski definition) is 2. The zero-order valence-electron chi connectivity index (χ0n) is 17.3. The van der Waals surface area contributed by atoms with Crippen LogP contribution in [0, 0.1) is 17.1 Å². The topological polar surface area (TPSA) is 126 Å². The number of nitrogens with two attached hydrogens (primary N) is 1. The molecule has 3 rings (SSSR count). The fourth-order valence-corrected chi connectivity index (χ4v) is 3.52. The Balaban J connectivity index is 1.55. The third-order valence-electron chi connectivity index (χ3n) is 5.16. The first-order valence-electron chi connectivity index (χ1n) is 10.1. The van der Waals surface area contributed by atoms with Crippen molar-refractivity contribution in [2.45, 2.75) is 38.0 Å². The lowest BCUT2D eigenvalue weighted by atomic mass is 10.0. The summed E-state index contributed by atoms with van der Waals surface area (Å²) >= 11 is 0. The first-order valence-corrected chi connectivity index (χ1v) is 10.1. The molecule has 0 bridgehead atoms. The van der Waals surface area contributed by atoms with Gasteiger partial charge in [0.1, 0.15) is 24.5 Å². The Morgan fingerprint density at radius 1 is 1.16 bits per heavy atom. The van der Waals surface area contributed by atoms with E-state index in [-0.39, 0.29) is 18.8 Å². The van der Waals surface area contributed by atoms with E-state index in [1.807, 2.05) is 30.3 Å². The van der Waals surface area contributed by atoms with Crippen LogP contribution in [-0.2, 0) is 20.9 Å². The molecule has 1 aliphatic heterocycles. The number of nitrogens with zero attached hydrogens (tertiary/aromatic N) is 2. The molecule has 0 aromatic heterocycles. The van der Waals surface area contributed by atoms with Gasteiger partial charge in [0.25, 0.3) is 0 Å². The monoisotopic (exact) mass is 438 g/mol. The number of carbonyl (C=O) groups excluding carboxylic acids is 3. The molecule has 0 spiro atoms. The highest BCUT2D eigenvalue weighted by atomic mass is 19.1. The van der Waals surface area contributed by atoms with E-state index in [9.17, 15) is 18.8 Å². The summed E-state index contributed by atoms with van der Waals surface area (Å²) in [4.78, 5) is 37.3. The van der Waals surface area contributed by atoms with Gasteiger partial charge in [-0.05, 0) is 41.7 Å². The van der Waals surface area contributed by atoms with Crippen LogP contribution in [-0.4, -0.2) is 41.4 Å². The van der Waals surface area contributed by atoms with Gasteiger partial charge in [0.2, 0.25) is 11.8 Å². The van der Waals surface area contributed by atoms with Gasteiger partial charge < -0.3 is 15.8 Å². The molecule has 32 heavy (non-hydrogen) atoms. The molecule has 2 atom stereocenters. The van der Waals surface area contributed by atoms with Crippen LogP contribution in [0.4, 0.5) is 9.18 Å². The second kappa shape index (κ2) is 10.4. The van der Waals surface area contributed by atoms with Gasteiger partial charge >= 0.3 is 6.09 Å². The summed E-state index contributed by atoms with van der Waals surface area (Å²) in [5.41, 5.74) is 7.61. The average molecular weight is 438 g/mol. The zero-order valence-corrected chi connectivity index (χ0v) is 17.3. The van der Waals surface area contributed by atoms with Crippen molar-refractivity contribution >= 4 is 17.9 Å². The number of nitrogens with one attached hydrogen (secondary N) is 1. The Bertz CT molecular complexity index is 1020. The van der Waals surface area contributed by atoms with Crippen LogP contribution in [0.25, 0.3) is 11.1 Å². The normalized spacial score (nSPS) is 16.1. The average Bonchev–Trinajstić information content (AvgIpc) is 3.28. The lowest BCUT2D eigenvalue weighted by molar-refractivity contribution is -0.125. The van der Waals surface area contributed by atoms with E-state index in [1.54, 1.807) is 12.1 Å². The van der Waals surface area contributed by atoms with Crippen molar-refractivity contribution in [2.75, 3.05) is 6.54 Å². The molecule has 3 N–H and O–H groups in total. The van der Waals surface area contributed by atoms with Gasteiger partial charge in [0.05, 0.1) is 12.5 Å². The van der Waals surface area contributed by atoms with Crippen molar-refractivity contribution in [3.8, 4) is 17.2 Å². The van der Waals surface area contributed by atoms with E-state index in [1.165, 1.54) is 17.0 Å². The van der Waals surface area contributed by atoms with Gasteiger partial charge in [-0.2, -0.15) is 5.26 Å². The molecule has 2 aromatic rings. The molecule has 1 aliphatic rings. The molecule has 1 fully saturated rings. The molecule has 166 valence electrons. The van der Waals surface area contributed by atoms with Crippen molar-refractivity contribution in [1.29, 1.82) is 5.26 Å². The summed E-state index contributed by atoms with van der Waals surface area (Å²) in [5.74, 6) is -1.52. The van der Waals surface area contributed by atoms with Crippen molar-refractivity contribution in [1.82, 2.24) is 10.2 Å². The standard InChI is InChI=1S/C23H23FN4O4/c24-18-9-7-17(8-10-18)16-5-3-15(4-6-16)14-32-23(31)28-11-1-2-20(28)22(30)27-19(13-25)12-21(26)29/h3-10,19-20H,1-2,11-12,14H2,(H2,26,29)(H,27,30)/t19-,20-/m0/s1. The molecule has 0 aliphatic carbocycles. The highest BCUT2D eigenvalue weighted by Crippen LogP contribution is 2.22. The number of halogens is 1. The summed E-state index contributed by atoms with van der Waals surface area (Å²) in [7, 11) is 0. The van der Waals surface area contributed by atoms with Crippen LogP contribution in [0.5, 0.6) is 0 Å². The number of primary amides is 1. The number of amides is 3. The van der Waals surface area contributed by atoms with Crippen LogP contribution in [0.1, 0.15) is 24.8 Å². The van der Waals surface area contributed by atoms with E-state index < -0.39 is 30.0 Å². The van der Waals surface area contributed by atoms with E-state index in [0.29, 0.717) is 19.4 Å². The number of carbonyl (C=O) groups is 3. The predicted octanol–water partition coefficient (Wildman–Crippen LogP) is 2.48. The largest absolute Gasteiger partial charge is 0.445 e. The molecule has 8 nitrogen and oxygen atoms in total. The number of hydrogen-bond acceptors (Lipinski definition) is 5. The van der Waals surface area contributed by atoms with Gasteiger partial charge in [-0.15, -0.1) is 0 Å². The third kappa shape index (κ3) is 5.82. The quantitative estimate of drug-likeness (QED) is 0.687. The number of nitriles is 1. The smallest absolute Gasteiger partial charge is 0.410 e. The van der Waals surface area contributed by atoms with Crippen LogP contribution >= 0.6 is 0 Å².